The largest absolute Gasteiger partial charge is 0.370 e. The Balaban J connectivity index is 1.35. The Hall–Kier alpha value is -3.24. The van der Waals surface area contributed by atoms with Gasteiger partial charge in [-0.05, 0) is 54.8 Å². The van der Waals surface area contributed by atoms with Gasteiger partial charge in [-0.2, -0.15) is 10.4 Å². The third kappa shape index (κ3) is 3.87. The molecular formula is C25H31N7. The first-order chi connectivity index (χ1) is 15.6. The summed E-state index contributed by atoms with van der Waals surface area (Å²) in [7, 11) is 2.22. The lowest BCUT2D eigenvalue weighted by molar-refractivity contribution is 0.392. The highest BCUT2D eigenvalue weighted by molar-refractivity contribution is 5.74. The van der Waals surface area contributed by atoms with E-state index in [1.807, 2.05) is 12.1 Å². The van der Waals surface area contributed by atoms with Crippen LogP contribution in [0.25, 0.3) is 5.52 Å². The molecule has 7 heteroatoms. The number of nitrogens with one attached hydrogen (secondary N) is 1. The number of likely N-dealkylation sites (N-methyl/N-ethyl adjacent to an activating group) is 1. The van der Waals surface area contributed by atoms with Crippen LogP contribution in [0, 0.1) is 17.2 Å². The molecule has 4 heterocycles. The molecular weight excluding hydrogens is 398 g/mol. The third-order valence-corrected chi connectivity index (χ3v) is 6.91. The summed E-state index contributed by atoms with van der Waals surface area (Å²) < 4.78 is 1.75. The number of benzene rings is 1. The Kier molecular flexibility index (Phi) is 5.62. The highest BCUT2D eigenvalue weighted by Crippen LogP contribution is 2.31. The molecule has 0 spiro atoms. The van der Waals surface area contributed by atoms with Crippen LogP contribution in [0.4, 0.5) is 17.1 Å². The average Bonchev–Trinajstić information content (AvgIpc) is 3.33. The Labute approximate surface area is 189 Å². The molecule has 32 heavy (non-hydrogen) atoms. The fourth-order valence-corrected chi connectivity index (χ4v) is 5.18. The lowest BCUT2D eigenvalue weighted by Gasteiger charge is -2.42. The fourth-order valence-electron chi connectivity index (χ4n) is 5.18. The number of rotatable bonds is 4. The van der Waals surface area contributed by atoms with Crippen molar-refractivity contribution < 1.29 is 0 Å². The summed E-state index contributed by atoms with van der Waals surface area (Å²) in [5, 5.41) is 17.2. The van der Waals surface area contributed by atoms with Gasteiger partial charge in [-0.25, -0.2) is 4.52 Å². The summed E-state index contributed by atoms with van der Waals surface area (Å²) in [4.78, 5) is 7.34. The number of pyridine rings is 1. The minimum absolute atomic E-state index is 0.419. The standard InChI is InChI=1S/C25H31N7/c1-19-15-23(29(2)20-3-5-21(6-4-20)30-13-11-27-12-14-30)18-31(17-19)24-8-7-22(16-26)32-25(24)9-10-28-32/h3-10,19,23,27H,11-15,17-18H2,1-2H3/t19-,23+/m0/s1. The van der Waals surface area contributed by atoms with Crippen molar-refractivity contribution in [2.45, 2.75) is 19.4 Å². The summed E-state index contributed by atoms with van der Waals surface area (Å²) >= 11 is 0. The predicted molar refractivity (Wildman–Crippen MR) is 130 cm³/mol. The average molecular weight is 430 g/mol. The van der Waals surface area contributed by atoms with Gasteiger partial charge in [-0.15, -0.1) is 0 Å². The van der Waals surface area contributed by atoms with E-state index in [1.54, 1.807) is 10.7 Å². The van der Waals surface area contributed by atoms with E-state index >= 15 is 0 Å². The Morgan fingerprint density at radius 3 is 2.56 bits per heavy atom. The first-order valence-electron chi connectivity index (χ1n) is 11.5. The van der Waals surface area contributed by atoms with Crippen molar-refractivity contribution in [3.8, 4) is 6.07 Å². The summed E-state index contributed by atoms with van der Waals surface area (Å²) in [5.74, 6) is 0.579. The van der Waals surface area contributed by atoms with Crippen LogP contribution in [-0.4, -0.2) is 62.0 Å². The number of fused-ring (bicyclic) bond motifs is 1. The van der Waals surface area contributed by atoms with E-state index in [9.17, 15) is 5.26 Å². The molecule has 0 aliphatic carbocycles. The van der Waals surface area contributed by atoms with Crippen LogP contribution in [0.3, 0.4) is 0 Å². The van der Waals surface area contributed by atoms with Gasteiger partial charge in [0.1, 0.15) is 11.8 Å². The SMILES string of the molecule is C[C@H]1C[C@@H](N(C)c2ccc(N3CCNCC3)cc2)CN(c2ccc(C#N)n3nccc23)C1. The van der Waals surface area contributed by atoms with Gasteiger partial charge in [0.2, 0.25) is 0 Å². The van der Waals surface area contributed by atoms with Crippen molar-refractivity contribution in [2.75, 3.05) is 61.0 Å². The Morgan fingerprint density at radius 2 is 1.81 bits per heavy atom. The van der Waals surface area contributed by atoms with Crippen LogP contribution < -0.4 is 20.0 Å². The molecule has 2 aromatic heterocycles. The number of aromatic nitrogens is 2. The minimum atomic E-state index is 0.419. The molecule has 166 valence electrons. The lowest BCUT2D eigenvalue weighted by Crippen LogP contribution is -2.49. The number of anilines is 3. The van der Waals surface area contributed by atoms with Gasteiger partial charge in [0.15, 0.2) is 0 Å². The number of nitrogens with zero attached hydrogens (tertiary/aromatic N) is 6. The van der Waals surface area contributed by atoms with Crippen molar-refractivity contribution in [3.63, 3.8) is 0 Å². The van der Waals surface area contributed by atoms with E-state index < -0.39 is 0 Å². The fraction of sp³-hybridized carbons (Fsp3) is 0.440. The Bertz CT molecular complexity index is 1110. The quantitative estimate of drug-likeness (QED) is 0.688. The molecule has 0 saturated carbocycles. The second kappa shape index (κ2) is 8.71. The maximum absolute atomic E-state index is 9.40. The lowest BCUT2D eigenvalue weighted by atomic mass is 9.94. The number of nitriles is 1. The summed E-state index contributed by atoms with van der Waals surface area (Å²) in [5.41, 5.74) is 5.29. The molecule has 0 unspecified atom stereocenters. The van der Waals surface area contributed by atoms with Crippen molar-refractivity contribution in [2.24, 2.45) is 5.92 Å². The molecule has 1 N–H and O–H groups in total. The van der Waals surface area contributed by atoms with E-state index in [0.717, 1.165) is 50.5 Å². The topological polar surface area (TPSA) is 62.8 Å². The zero-order chi connectivity index (χ0) is 22.1. The molecule has 7 nitrogen and oxygen atoms in total. The van der Waals surface area contributed by atoms with Crippen LogP contribution in [-0.2, 0) is 0 Å². The van der Waals surface area contributed by atoms with Gasteiger partial charge in [-0.1, -0.05) is 6.92 Å². The molecule has 1 aromatic carbocycles. The van der Waals surface area contributed by atoms with Gasteiger partial charge in [0.25, 0.3) is 0 Å². The minimum Gasteiger partial charge on any atom is -0.370 e. The maximum atomic E-state index is 9.40. The zero-order valence-electron chi connectivity index (χ0n) is 18.9. The molecule has 0 radical (unpaired) electrons. The molecule has 2 atom stereocenters. The van der Waals surface area contributed by atoms with Crippen molar-refractivity contribution in [3.05, 3.63) is 54.4 Å². The number of piperidine rings is 1. The van der Waals surface area contributed by atoms with Gasteiger partial charge in [0, 0.05) is 63.7 Å². The predicted octanol–water partition coefficient (Wildman–Crippen LogP) is 2.97. The maximum Gasteiger partial charge on any atom is 0.142 e. The number of piperazine rings is 1. The van der Waals surface area contributed by atoms with Gasteiger partial charge in [0.05, 0.1) is 17.4 Å². The molecule has 0 amide bonds. The molecule has 2 fully saturated rings. The van der Waals surface area contributed by atoms with Gasteiger partial charge < -0.3 is 20.0 Å². The monoisotopic (exact) mass is 429 g/mol. The third-order valence-electron chi connectivity index (χ3n) is 6.91. The first-order valence-corrected chi connectivity index (χ1v) is 11.5. The number of hydrogen-bond acceptors (Lipinski definition) is 6. The van der Waals surface area contributed by atoms with Gasteiger partial charge >= 0.3 is 0 Å². The second-order valence-corrected chi connectivity index (χ2v) is 9.11. The highest BCUT2D eigenvalue weighted by Gasteiger charge is 2.29. The van der Waals surface area contributed by atoms with E-state index in [4.69, 9.17) is 0 Å². The van der Waals surface area contributed by atoms with Crippen LogP contribution in [0.1, 0.15) is 19.0 Å². The molecule has 0 bridgehead atoms. The van der Waals surface area contributed by atoms with Crippen LogP contribution in [0.2, 0.25) is 0 Å². The van der Waals surface area contributed by atoms with E-state index in [-0.39, 0.29) is 0 Å². The zero-order valence-corrected chi connectivity index (χ0v) is 18.9. The van der Waals surface area contributed by atoms with Crippen LogP contribution >= 0.6 is 0 Å². The van der Waals surface area contributed by atoms with E-state index in [1.165, 1.54) is 17.8 Å². The highest BCUT2D eigenvalue weighted by atomic mass is 15.3. The summed E-state index contributed by atoms with van der Waals surface area (Å²) in [6.45, 7) is 8.54. The molecule has 3 aromatic rings. The normalized spacial score (nSPS) is 21.5. The second-order valence-electron chi connectivity index (χ2n) is 9.11. The van der Waals surface area contributed by atoms with Crippen molar-refractivity contribution in [1.82, 2.24) is 14.9 Å². The van der Waals surface area contributed by atoms with Crippen LogP contribution in [0.15, 0.2) is 48.7 Å². The molecule has 2 saturated heterocycles. The molecule has 2 aliphatic rings. The van der Waals surface area contributed by atoms with Crippen LogP contribution in [0.5, 0.6) is 0 Å². The molecule has 5 rings (SSSR count). The van der Waals surface area contributed by atoms with Crippen molar-refractivity contribution in [1.29, 1.82) is 5.26 Å². The smallest absolute Gasteiger partial charge is 0.142 e. The van der Waals surface area contributed by atoms with E-state index in [2.05, 4.69) is 75.5 Å². The number of hydrogen-bond donors (Lipinski definition) is 1. The summed E-state index contributed by atoms with van der Waals surface area (Å²) in [6.07, 6.45) is 2.94. The summed E-state index contributed by atoms with van der Waals surface area (Å²) in [6, 6.07) is 17.7. The van der Waals surface area contributed by atoms with E-state index in [0.29, 0.717) is 17.7 Å². The molecule has 2 aliphatic heterocycles. The van der Waals surface area contributed by atoms with Gasteiger partial charge in [-0.3, -0.25) is 0 Å². The Morgan fingerprint density at radius 1 is 1.03 bits per heavy atom. The first kappa shape index (κ1) is 20.7. The van der Waals surface area contributed by atoms with Crippen molar-refractivity contribution >= 4 is 22.6 Å².